The van der Waals surface area contributed by atoms with Crippen LogP contribution < -0.4 is 10.1 Å². The lowest BCUT2D eigenvalue weighted by Crippen LogP contribution is -2.33. The number of rotatable bonds is 6. The van der Waals surface area contributed by atoms with Gasteiger partial charge < -0.3 is 10.1 Å². The molecule has 1 N–H and O–H groups in total. The molecule has 0 spiro atoms. The Morgan fingerprint density at radius 3 is 2.60 bits per heavy atom. The third-order valence-electron chi connectivity index (χ3n) is 4.52. The van der Waals surface area contributed by atoms with E-state index in [-0.39, 0.29) is 0 Å². The quantitative estimate of drug-likeness (QED) is 0.831. The van der Waals surface area contributed by atoms with E-state index in [0.717, 1.165) is 30.7 Å². The standard InChI is InChI=1S/C18H29NO/c1-4-20-18-7-5-6-15(12-18)13-19-17-10-8-16(9-11-17)14(2)3/h5-7,12,14,16-17,19H,4,8-11,13H2,1-3H3. The summed E-state index contributed by atoms with van der Waals surface area (Å²) in [6, 6.07) is 9.13. The van der Waals surface area contributed by atoms with E-state index in [4.69, 9.17) is 4.74 Å². The van der Waals surface area contributed by atoms with Crippen molar-refractivity contribution >= 4 is 0 Å². The Hall–Kier alpha value is -1.02. The van der Waals surface area contributed by atoms with Crippen molar-refractivity contribution in [1.82, 2.24) is 5.32 Å². The maximum Gasteiger partial charge on any atom is 0.119 e. The SMILES string of the molecule is CCOc1cccc(CNC2CCC(C(C)C)CC2)c1. The van der Waals surface area contributed by atoms with E-state index in [1.807, 2.05) is 13.0 Å². The van der Waals surface area contributed by atoms with Gasteiger partial charge in [-0.05, 0) is 62.1 Å². The molecule has 0 bridgehead atoms. The number of ether oxygens (including phenoxy) is 1. The van der Waals surface area contributed by atoms with Gasteiger partial charge in [-0.25, -0.2) is 0 Å². The Morgan fingerprint density at radius 1 is 1.20 bits per heavy atom. The molecule has 1 saturated carbocycles. The van der Waals surface area contributed by atoms with Crippen LogP contribution in [0.15, 0.2) is 24.3 Å². The van der Waals surface area contributed by atoms with Crippen LogP contribution in [0.2, 0.25) is 0 Å². The highest BCUT2D eigenvalue weighted by Crippen LogP contribution is 2.30. The van der Waals surface area contributed by atoms with E-state index in [9.17, 15) is 0 Å². The van der Waals surface area contributed by atoms with Crippen molar-refractivity contribution in [3.05, 3.63) is 29.8 Å². The van der Waals surface area contributed by atoms with Gasteiger partial charge in [0.15, 0.2) is 0 Å². The predicted octanol–water partition coefficient (Wildman–Crippen LogP) is 4.39. The van der Waals surface area contributed by atoms with Crippen molar-refractivity contribution in [3.63, 3.8) is 0 Å². The normalized spacial score (nSPS) is 23.0. The van der Waals surface area contributed by atoms with E-state index in [0.29, 0.717) is 6.04 Å². The number of benzene rings is 1. The van der Waals surface area contributed by atoms with E-state index in [1.165, 1.54) is 31.2 Å². The summed E-state index contributed by atoms with van der Waals surface area (Å²) >= 11 is 0. The van der Waals surface area contributed by atoms with Crippen molar-refractivity contribution in [1.29, 1.82) is 0 Å². The largest absolute Gasteiger partial charge is 0.494 e. The van der Waals surface area contributed by atoms with Gasteiger partial charge >= 0.3 is 0 Å². The minimum Gasteiger partial charge on any atom is -0.494 e. The maximum absolute atomic E-state index is 5.55. The Balaban J connectivity index is 1.77. The summed E-state index contributed by atoms with van der Waals surface area (Å²) in [5, 5.41) is 3.71. The molecule has 1 aliphatic carbocycles. The van der Waals surface area contributed by atoms with Crippen molar-refractivity contribution in [2.75, 3.05) is 6.61 Å². The molecule has 0 saturated heterocycles. The maximum atomic E-state index is 5.55. The predicted molar refractivity (Wildman–Crippen MR) is 85.0 cm³/mol. The summed E-state index contributed by atoms with van der Waals surface area (Å²) in [5.41, 5.74) is 1.32. The lowest BCUT2D eigenvalue weighted by molar-refractivity contribution is 0.238. The first-order valence-corrected chi connectivity index (χ1v) is 8.14. The summed E-state index contributed by atoms with van der Waals surface area (Å²) < 4.78 is 5.55. The zero-order valence-corrected chi connectivity index (χ0v) is 13.2. The van der Waals surface area contributed by atoms with E-state index in [2.05, 4.69) is 37.4 Å². The van der Waals surface area contributed by atoms with Crippen LogP contribution in [0.5, 0.6) is 5.75 Å². The van der Waals surface area contributed by atoms with Gasteiger partial charge in [-0.2, -0.15) is 0 Å². The Labute approximate surface area is 123 Å². The molecule has 2 rings (SSSR count). The van der Waals surface area contributed by atoms with E-state index in [1.54, 1.807) is 0 Å². The molecule has 20 heavy (non-hydrogen) atoms. The van der Waals surface area contributed by atoms with Gasteiger partial charge in [-0.15, -0.1) is 0 Å². The van der Waals surface area contributed by atoms with Crippen LogP contribution in [0.25, 0.3) is 0 Å². The van der Waals surface area contributed by atoms with Crippen LogP contribution in [-0.2, 0) is 6.54 Å². The van der Waals surface area contributed by atoms with Crippen LogP contribution in [0.3, 0.4) is 0 Å². The summed E-state index contributed by atoms with van der Waals surface area (Å²) in [7, 11) is 0. The molecule has 2 nitrogen and oxygen atoms in total. The molecule has 1 aromatic rings. The van der Waals surface area contributed by atoms with Crippen molar-refractivity contribution < 1.29 is 4.74 Å². The molecule has 0 radical (unpaired) electrons. The molecule has 0 atom stereocenters. The summed E-state index contributed by atoms with van der Waals surface area (Å²) in [4.78, 5) is 0. The lowest BCUT2D eigenvalue weighted by atomic mass is 9.80. The second kappa shape index (κ2) is 7.68. The van der Waals surface area contributed by atoms with Gasteiger partial charge in [0, 0.05) is 12.6 Å². The fourth-order valence-corrected chi connectivity index (χ4v) is 3.16. The zero-order valence-electron chi connectivity index (χ0n) is 13.2. The van der Waals surface area contributed by atoms with Crippen molar-refractivity contribution in [2.24, 2.45) is 11.8 Å². The Kier molecular flexibility index (Phi) is 5.90. The second-order valence-corrected chi connectivity index (χ2v) is 6.32. The molecule has 0 aromatic heterocycles. The van der Waals surface area contributed by atoms with Gasteiger partial charge in [0.2, 0.25) is 0 Å². The third kappa shape index (κ3) is 4.52. The Bertz CT molecular complexity index is 394. The fourth-order valence-electron chi connectivity index (χ4n) is 3.16. The van der Waals surface area contributed by atoms with Gasteiger partial charge in [-0.3, -0.25) is 0 Å². The molecule has 0 amide bonds. The topological polar surface area (TPSA) is 21.3 Å². The highest BCUT2D eigenvalue weighted by molar-refractivity contribution is 5.28. The molecule has 0 heterocycles. The molecular formula is C18H29NO. The van der Waals surface area contributed by atoms with Crippen LogP contribution in [0.1, 0.15) is 52.0 Å². The number of hydrogen-bond acceptors (Lipinski definition) is 2. The molecule has 0 aliphatic heterocycles. The molecule has 2 heteroatoms. The lowest BCUT2D eigenvalue weighted by Gasteiger charge is -2.31. The van der Waals surface area contributed by atoms with Crippen LogP contribution in [0.4, 0.5) is 0 Å². The third-order valence-corrected chi connectivity index (χ3v) is 4.52. The van der Waals surface area contributed by atoms with Gasteiger partial charge in [-0.1, -0.05) is 26.0 Å². The van der Waals surface area contributed by atoms with E-state index < -0.39 is 0 Å². The smallest absolute Gasteiger partial charge is 0.119 e. The van der Waals surface area contributed by atoms with Crippen molar-refractivity contribution in [3.8, 4) is 5.75 Å². The molecule has 1 fully saturated rings. The van der Waals surface area contributed by atoms with Gasteiger partial charge in [0.25, 0.3) is 0 Å². The fraction of sp³-hybridized carbons (Fsp3) is 0.667. The van der Waals surface area contributed by atoms with Gasteiger partial charge in [0.05, 0.1) is 6.61 Å². The second-order valence-electron chi connectivity index (χ2n) is 6.32. The average molecular weight is 275 g/mol. The van der Waals surface area contributed by atoms with Gasteiger partial charge in [0.1, 0.15) is 5.75 Å². The zero-order chi connectivity index (χ0) is 14.4. The number of hydrogen-bond donors (Lipinski definition) is 1. The molecule has 1 aliphatic rings. The molecular weight excluding hydrogens is 246 g/mol. The molecule has 1 aromatic carbocycles. The first kappa shape index (κ1) is 15.4. The van der Waals surface area contributed by atoms with E-state index >= 15 is 0 Å². The first-order valence-electron chi connectivity index (χ1n) is 8.14. The minimum atomic E-state index is 0.695. The monoisotopic (exact) mass is 275 g/mol. The summed E-state index contributed by atoms with van der Waals surface area (Å²) in [6.07, 6.45) is 5.42. The van der Waals surface area contributed by atoms with Crippen LogP contribution in [-0.4, -0.2) is 12.6 Å². The highest BCUT2D eigenvalue weighted by atomic mass is 16.5. The van der Waals surface area contributed by atoms with Crippen molar-refractivity contribution in [2.45, 2.75) is 59.0 Å². The van der Waals surface area contributed by atoms with Crippen LogP contribution >= 0.6 is 0 Å². The summed E-state index contributed by atoms with van der Waals surface area (Å²) in [6.45, 7) is 8.43. The van der Waals surface area contributed by atoms with Crippen LogP contribution in [0, 0.1) is 11.8 Å². The number of nitrogens with one attached hydrogen (secondary N) is 1. The Morgan fingerprint density at radius 2 is 1.95 bits per heavy atom. The molecule has 0 unspecified atom stereocenters. The first-order chi connectivity index (χ1) is 9.69. The average Bonchev–Trinajstić information content (AvgIpc) is 2.46. The minimum absolute atomic E-state index is 0.695. The summed E-state index contributed by atoms with van der Waals surface area (Å²) in [5.74, 6) is 2.77. The highest BCUT2D eigenvalue weighted by Gasteiger charge is 2.22. The molecule has 112 valence electrons.